The normalized spacial score (nSPS) is 37.8. The van der Waals surface area contributed by atoms with E-state index in [4.69, 9.17) is 4.74 Å². The van der Waals surface area contributed by atoms with Crippen molar-refractivity contribution in [1.29, 1.82) is 0 Å². The van der Waals surface area contributed by atoms with Crippen LogP contribution in [0.3, 0.4) is 0 Å². The Morgan fingerprint density at radius 3 is 2.88 bits per heavy atom. The third-order valence-electron chi connectivity index (χ3n) is 3.55. The number of carbonyl (C=O) groups is 1. The molecule has 0 N–H and O–H groups in total. The lowest BCUT2D eigenvalue weighted by Crippen LogP contribution is -2.14. The Kier molecular flexibility index (Phi) is 3.47. The van der Waals surface area contributed by atoms with Crippen LogP contribution in [0.25, 0.3) is 0 Å². The first kappa shape index (κ1) is 11.4. The molecule has 0 radical (unpaired) electrons. The van der Waals surface area contributed by atoms with Crippen molar-refractivity contribution >= 4 is 5.97 Å². The van der Waals surface area contributed by atoms with E-state index < -0.39 is 0 Å². The summed E-state index contributed by atoms with van der Waals surface area (Å²) in [5, 5.41) is 0. The lowest BCUT2D eigenvalue weighted by Gasteiger charge is -2.16. The average molecular weight is 220 g/mol. The molecular weight excluding hydrogens is 200 g/mol. The Balaban J connectivity index is 2.14. The van der Waals surface area contributed by atoms with Crippen molar-refractivity contribution in [3.05, 3.63) is 23.3 Å². The Morgan fingerprint density at radius 2 is 2.06 bits per heavy atom. The van der Waals surface area contributed by atoms with E-state index in [1.807, 2.05) is 0 Å². The summed E-state index contributed by atoms with van der Waals surface area (Å²) < 4.78 is 5.37. The highest BCUT2D eigenvalue weighted by Gasteiger charge is 2.32. The molecule has 0 aromatic heterocycles. The van der Waals surface area contributed by atoms with Crippen molar-refractivity contribution in [2.75, 3.05) is 0 Å². The monoisotopic (exact) mass is 220 g/mol. The molecule has 2 aliphatic rings. The zero-order valence-corrected chi connectivity index (χ0v) is 10.2. The largest absolute Gasteiger partial charge is 0.458 e. The van der Waals surface area contributed by atoms with Crippen molar-refractivity contribution in [1.82, 2.24) is 0 Å². The number of allylic oxidation sites excluding steroid dienone is 3. The van der Waals surface area contributed by atoms with Crippen molar-refractivity contribution in [3.8, 4) is 0 Å². The van der Waals surface area contributed by atoms with Crippen LogP contribution in [0.2, 0.25) is 0 Å². The fraction of sp³-hybridized carbons (Fsp3) is 0.643. The molecule has 1 heterocycles. The van der Waals surface area contributed by atoms with Gasteiger partial charge in [-0.2, -0.15) is 0 Å². The lowest BCUT2D eigenvalue weighted by atomic mass is 9.90. The van der Waals surface area contributed by atoms with Crippen LogP contribution in [0.15, 0.2) is 23.3 Å². The van der Waals surface area contributed by atoms with Crippen LogP contribution in [-0.4, -0.2) is 12.1 Å². The minimum atomic E-state index is -0.0278. The smallest absolute Gasteiger partial charge is 0.306 e. The molecule has 88 valence electrons. The second-order valence-corrected chi connectivity index (χ2v) is 5.06. The van der Waals surface area contributed by atoms with E-state index in [0.717, 1.165) is 25.7 Å². The second kappa shape index (κ2) is 4.86. The summed E-state index contributed by atoms with van der Waals surface area (Å²) in [7, 11) is 0. The van der Waals surface area contributed by atoms with E-state index in [0.29, 0.717) is 12.3 Å². The number of hydrogen-bond acceptors (Lipinski definition) is 2. The van der Waals surface area contributed by atoms with Gasteiger partial charge in [-0.1, -0.05) is 17.2 Å². The maximum absolute atomic E-state index is 11.3. The highest BCUT2D eigenvalue weighted by Crippen LogP contribution is 2.30. The summed E-state index contributed by atoms with van der Waals surface area (Å²) in [6.07, 6.45) is 9.49. The first-order valence-electron chi connectivity index (χ1n) is 6.17. The maximum atomic E-state index is 11.3. The fourth-order valence-electron chi connectivity index (χ4n) is 2.49. The highest BCUT2D eigenvalue weighted by atomic mass is 16.5. The number of rotatable bonds is 0. The van der Waals surface area contributed by atoms with E-state index in [9.17, 15) is 4.79 Å². The summed E-state index contributed by atoms with van der Waals surface area (Å²) in [6, 6.07) is 0. The molecule has 2 unspecified atom stereocenters. The third-order valence-corrected chi connectivity index (χ3v) is 3.55. The van der Waals surface area contributed by atoms with Crippen molar-refractivity contribution in [2.24, 2.45) is 5.92 Å². The molecule has 0 aromatic rings. The molecule has 1 saturated heterocycles. The van der Waals surface area contributed by atoms with Gasteiger partial charge in [0.1, 0.15) is 6.10 Å². The van der Waals surface area contributed by atoms with E-state index in [1.165, 1.54) is 11.1 Å². The van der Waals surface area contributed by atoms with Gasteiger partial charge in [0, 0.05) is 5.92 Å². The van der Waals surface area contributed by atoms with Crippen molar-refractivity contribution in [3.63, 3.8) is 0 Å². The number of hydrogen-bond donors (Lipinski definition) is 0. The maximum Gasteiger partial charge on any atom is 0.306 e. The van der Waals surface area contributed by atoms with Gasteiger partial charge in [0.05, 0.1) is 6.42 Å². The van der Waals surface area contributed by atoms with E-state index >= 15 is 0 Å². The molecule has 0 spiro atoms. The van der Waals surface area contributed by atoms with Gasteiger partial charge in [-0.15, -0.1) is 0 Å². The molecule has 0 aromatic carbocycles. The molecule has 2 nitrogen and oxygen atoms in total. The SMILES string of the molecule is C/C1=C/C2OC(=O)CC2CC/C(C)=C\CC1. The molecule has 1 fully saturated rings. The van der Waals surface area contributed by atoms with E-state index in [-0.39, 0.29) is 12.1 Å². The van der Waals surface area contributed by atoms with E-state index in [2.05, 4.69) is 26.0 Å². The lowest BCUT2D eigenvalue weighted by molar-refractivity contribution is -0.140. The van der Waals surface area contributed by atoms with Gasteiger partial charge in [0.25, 0.3) is 0 Å². The fourth-order valence-corrected chi connectivity index (χ4v) is 2.49. The first-order chi connectivity index (χ1) is 7.65. The van der Waals surface area contributed by atoms with Gasteiger partial charge in [0.15, 0.2) is 0 Å². The molecule has 2 atom stereocenters. The number of carbonyl (C=O) groups excluding carboxylic acids is 1. The summed E-state index contributed by atoms with van der Waals surface area (Å²) >= 11 is 0. The third kappa shape index (κ3) is 2.75. The standard InChI is InChI=1S/C14H20O2/c1-10-4-3-5-11(2)8-13-12(7-6-10)9-14(15)16-13/h4,8,12-13H,3,5-7,9H2,1-2H3/b10-4-,11-8-. The minimum Gasteiger partial charge on any atom is -0.458 e. The molecule has 0 saturated carbocycles. The topological polar surface area (TPSA) is 26.3 Å². The predicted octanol–water partition coefficient (Wildman–Crippen LogP) is 3.38. The summed E-state index contributed by atoms with van der Waals surface area (Å²) in [4.78, 5) is 11.3. The van der Waals surface area contributed by atoms with Crippen LogP contribution < -0.4 is 0 Å². The molecule has 0 bridgehead atoms. The number of fused-ring (bicyclic) bond motifs is 1. The summed E-state index contributed by atoms with van der Waals surface area (Å²) in [5.41, 5.74) is 2.79. The van der Waals surface area contributed by atoms with Crippen LogP contribution in [0.4, 0.5) is 0 Å². The highest BCUT2D eigenvalue weighted by molar-refractivity contribution is 5.72. The minimum absolute atomic E-state index is 0.0278. The molecule has 0 amide bonds. The van der Waals surface area contributed by atoms with Crippen molar-refractivity contribution in [2.45, 2.75) is 52.1 Å². The summed E-state index contributed by atoms with van der Waals surface area (Å²) in [5.74, 6) is 0.365. The molecule has 2 heteroatoms. The van der Waals surface area contributed by atoms with Gasteiger partial charge in [-0.3, -0.25) is 4.79 Å². The summed E-state index contributed by atoms with van der Waals surface area (Å²) in [6.45, 7) is 4.32. The molecule has 1 aliphatic carbocycles. The Bertz CT molecular complexity index is 339. The van der Waals surface area contributed by atoms with Crippen LogP contribution in [0, 0.1) is 5.92 Å². The molecular formula is C14H20O2. The molecule has 16 heavy (non-hydrogen) atoms. The Labute approximate surface area is 97.4 Å². The van der Waals surface area contributed by atoms with Crippen LogP contribution >= 0.6 is 0 Å². The van der Waals surface area contributed by atoms with Gasteiger partial charge < -0.3 is 4.74 Å². The number of esters is 1. The van der Waals surface area contributed by atoms with Gasteiger partial charge in [-0.25, -0.2) is 0 Å². The zero-order chi connectivity index (χ0) is 11.5. The van der Waals surface area contributed by atoms with Crippen LogP contribution in [0.5, 0.6) is 0 Å². The predicted molar refractivity (Wildman–Crippen MR) is 64.0 cm³/mol. The number of ether oxygens (including phenoxy) is 1. The Morgan fingerprint density at radius 1 is 1.25 bits per heavy atom. The molecule has 1 aliphatic heterocycles. The van der Waals surface area contributed by atoms with Gasteiger partial charge in [-0.05, 0) is 45.6 Å². The average Bonchev–Trinajstić information content (AvgIpc) is 2.55. The quantitative estimate of drug-likeness (QED) is 0.462. The van der Waals surface area contributed by atoms with Crippen LogP contribution in [-0.2, 0) is 9.53 Å². The second-order valence-electron chi connectivity index (χ2n) is 5.06. The zero-order valence-electron chi connectivity index (χ0n) is 10.2. The van der Waals surface area contributed by atoms with Gasteiger partial charge in [0.2, 0.25) is 0 Å². The van der Waals surface area contributed by atoms with E-state index in [1.54, 1.807) is 0 Å². The molecule has 2 rings (SSSR count). The van der Waals surface area contributed by atoms with Crippen LogP contribution in [0.1, 0.15) is 46.0 Å². The van der Waals surface area contributed by atoms with Gasteiger partial charge >= 0.3 is 5.97 Å². The van der Waals surface area contributed by atoms with Crippen molar-refractivity contribution < 1.29 is 9.53 Å². The Hall–Kier alpha value is -1.05. The first-order valence-corrected chi connectivity index (χ1v) is 6.17.